The molecule has 0 spiro atoms. The number of esters is 1. The topological polar surface area (TPSA) is 79.1 Å². The third-order valence-corrected chi connectivity index (χ3v) is 5.19. The Morgan fingerprint density at radius 3 is 2.40 bits per heavy atom. The van der Waals surface area contributed by atoms with Gasteiger partial charge in [0.2, 0.25) is 0 Å². The number of methoxy groups -OCH3 is 2. The maximum absolute atomic E-state index is 13.5. The molecule has 10 heteroatoms. The van der Waals surface area contributed by atoms with Gasteiger partial charge in [-0.2, -0.15) is 4.99 Å². The zero-order chi connectivity index (χ0) is 21.8. The van der Waals surface area contributed by atoms with Gasteiger partial charge < -0.3 is 18.8 Å². The molecule has 0 fully saturated rings. The summed E-state index contributed by atoms with van der Waals surface area (Å²) in [5, 5.41) is 0. The van der Waals surface area contributed by atoms with Gasteiger partial charge in [-0.1, -0.05) is 11.3 Å². The lowest BCUT2D eigenvalue weighted by Gasteiger charge is -2.09. The summed E-state index contributed by atoms with van der Waals surface area (Å²) in [4.78, 5) is 28.9. The Labute approximate surface area is 174 Å². The van der Waals surface area contributed by atoms with Crippen molar-refractivity contribution in [3.63, 3.8) is 0 Å². The minimum absolute atomic E-state index is 0.121. The van der Waals surface area contributed by atoms with Crippen LogP contribution >= 0.6 is 11.3 Å². The maximum atomic E-state index is 13.5. The van der Waals surface area contributed by atoms with Gasteiger partial charge >= 0.3 is 5.97 Å². The first-order valence-electron chi connectivity index (χ1n) is 8.83. The number of rotatable bonds is 6. The largest absolute Gasteiger partial charge is 0.493 e. The molecule has 3 aromatic rings. The van der Waals surface area contributed by atoms with E-state index in [9.17, 15) is 18.4 Å². The number of halogens is 2. The van der Waals surface area contributed by atoms with Crippen molar-refractivity contribution in [2.75, 3.05) is 20.8 Å². The highest BCUT2D eigenvalue weighted by Crippen LogP contribution is 2.33. The van der Waals surface area contributed by atoms with E-state index in [2.05, 4.69) is 4.99 Å². The van der Waals surface area contributed by atoms with Crippen LogP contribution in [0.3, 0.4) is 0 Å². The molecular formula is C20H18F2N2O5S. The van der Waals surface area contributed by atoms with Gasteiger partial charge in [0, 0.05) is 17.7 Å². The summed E-state index contributed by atoms with van der Waals surface area (Å²) in [6.45, 7) is 1.67. The molecule has 30 heavy (non-hydrogen) atoms. The highest BCUT2D eigenvalue weighted by atomic mass is 32.1. The number of benzene rings is 2. The van der Waals surface area contributed by atoms with Crippen molar-refractivity contribution >= 4 is 33.4 Å². The van der Waals surface area contributed by atoms with Gasteiger partial charge in [-0.25, -0.2) is 8.78 Å². The van der Waals surface area contributed by atoms with Crippen LogP contribution in [-0.2, 0) is 16.1 Å². The normalized spacial score (nSPS) is 11.6. The number of amides is 1. The van der Waals surface area contributed by atoms with Gasteiger partial charge in [-0.05, 0) is 25.1 Å². The van der Waals surface area contributed by atoms with Crippen LogP contribution in [0.2, 0.25) is 0 Å². The highest BCUT2D eigenvalue weighted by Gasteiger charge is 2.17. The van der Waals surface area contributed by atoms with Crippen LogP contribution in [0.1, 0.15) is 17.3 Å². The molecule has 0 N–H and O–H groups in total. The molecule has 1 heterocycles. The van der Waals surface area contributed by atoms with E-state index in [4.69, 9.17) is 14.2 Å². The number of thiazole rings is 1. The second-order valence-corrected chi connectivity index (χ2v) is 7.01. The summed E-state index contributed by atoms with van der Waals surface area (Å²) in [6.07, 6.45) is 0. The summed E-state index contributed by atoms with van der Waals surface area (Å²) in [5.74, 6) is -2.62. The number of nitrogens with zero attached hydrogens (tertiary/aromatic N) is 2. The van der Waals surface area contributed by atoms with E-state index in [1.54, 1.807) is 19.1 Å². The molecule has 0 saturated heterocycles. The van der Waals surface area contributed by atoms with Crippen LogP contribution in [0.15, 0.2) is 35.3 Å². The van der Waals surface area contributed by atoms with Gasteiger partial charge in [0.05, 0.1) is 31.0 Å². The number of hydrogen-bond acceptors (Lipinski definition) is 6. The van der Waals surface area contributed by atoms with Crippen LogP contribution in [-0.4, -0.2) is 37.3 Å². The standard InChI is InChI=1S/C20H18F2N2O5S/c1-4-29-18(25)10-24-14-8-15(27-2)16(28-3)9-17(14)30-20(24)23-19(26)11-5-6-12(21)13(22)7-11/h5-9H,4,10H2,1-3H3. The lowest BCUT2D eigenvalue weighted by molar-refractivity contribution is -0.143. The van der Waals surface area contributed by atoms with Crippen molar-refractivity contribution < 1.29 is 32.6 Å². The second kappa shape index (κ2) is 9.04. The predicted molar refractivity (Wildman–Crippen MR) is 106 cm³/mol. The predicted octanol–water partition coefficient (Wildman–Crippen LogP) is 3.30. The highest BCUT2D eigenvalue weighted by molar-refractivity contribution is 7.16. The quantitative estimate of drug-likeness (QED) is 0.554. The minimum atomic E-state index is -1.15. The summed E-state index contributed by atoms with van der Waals surface area (Å²) in [5.41, 5.74) is 0.451. The molecule has 1 amide bonds. The monoisotopic (exact) mass is 436 g/mol. The van der Waals surface area contributed by atoms with E-state index < -0.39 is 23.5 Å². The van der Waals surface area contributed by atoms with Crippen molar-refractivity contribution in [3.8, 4) is 11.5 Å². The lowest BCUT2D eigenvalue weighted by atomic mass is 10.2. The van der Waals surface area contributed by atoms with Crippen LogP contribution in [0, 0.1) is 11.6 Å². The fourth-order valence-corrected chi connectivity index (χ4v) is 3.79. The minimum Gasteiger partial charge on any atom is -0.493 e. The number of fused-ring (bicyclic) bond motifs is 1. The van der Waals surface area contributed by atoms with Gasteiger partial charge in [-0.3, -0.25) is 9.59 Å². The number of carbonyl (C=O) groups excluding carboxylic acids is 2. The average Bonchev–Trinajstić information content (AvgIpc) is 3.04. The van der Waals surface area contributed by atoms with E-state index >= 15 is 0 Å². The molecule has 0 unspecified atom stereocenters. The van der Waals surface area contributed by atoms with Crippen molar-refractivity contribution in [3.05, 3.63) is 52.3 Å². The molecule has 0 bridgehead atoms. The fraction of sp³-hybridized carbons (Fsp3) is 0.250. The van der Waals surface area contributed by atoms with Crippen LogP contribution in [0.25, 0.3) is 10.2 Å². The Bertz CT molecular complexity index is 1190. The molecule has 0 aliphatic rings. The van der Waals surface area contributed by atoms with Crippen LogP contribution < -0.4 is 14.3 Å². The number of carbonyl (C=O) groups is 2. The number of ether oxygens (including phenoxy) is 3. The second-order valence-electron chi connectivity index (χ2n) is 6.00. The van der Waals surface area contributed by atoms with E-state index in [1.165, 1.54) is 18.8 Å². The Morgan fingerprint density at radius 1 is 1.07 bits per heavy atom. The molecule has 7 nitrogen and oxygen atoms in total. The molecule has 0 atom stereocenters. The fourth-order valence-electron chi connectivity index (χ4n) is 2.75. The van der Waals surface area contributed by atoms with Gasteiger partial charge in [0.25, 0.3) is 5.91 Å². The van der Waals surface area contributed by atoms with Crippen LogP contribution in [0.4, 0.5) is 8.78 Å². The molecule has 3 rings (SSSR count). The third kappa shape index (κ3) is 4.33. The molecule has 0 saturated carbocycles. The number of aromatic nitrogens is 1. The summed E-state index contributed by atoms with van der Waals surface area (Å²) >= 11 is 1.13. The van der Waals surface area contributed by atoms with Crippen molar-refractivity contribution in [2.45, 2.75) is 13.5 Å². The third-order valence-electron chi connectivity index (χ3n) is 4.14. The molecule has 0 radical (unpaired) electrons. The Kier molecular flexibility index (Phi) is 6.46. The first-order valence-corrected chi connectivity index (χ1v) is 9.64. The average molecular weight is 436 g/mol. The smallest absolute Gasteiger partial charge is 0.326 e. The van der Waals surface area contributed by atoms with Crippen LogP contribution in [0.5, 0.6) is 11.5 Å². The first-order chi connectivity index (χ1) is 14.4. The molecule has 0 aliphatic carbocycles. The van der Waals surface area contributed by atoms with Gasteiger partial charge in [-0.15, -0.1) is 0 Å². The SMILES string of the molecule is CCOC(=O)Cn1c(=NC(=O)c2ccc(F)c(F)c2)sc2cc(OC)c(OC)cc21. The van der Waals surface area contributed by atoms with Crippen molar-refractivity contribution in [1.29, 1.82) is 0 Å². The van der Waals surface area contributed by atoms with E-state index in [1.807, 2.05) is 0 Å². The van der Waals surface area contributed by atoms with Crippen molar-refractivity contribution in [1.82, 2.24) is 4.57 Å². The Morgan fingerprint density at radius 2 is 1.77 bits per heavy atom. The molecule has 2 aromatic carbocycles. The maximum Gasteiger partial charge on any atom is 0.326 e. The molecule has 0 aliphatic heterocycles. The van der Waals surface area contributed by atoms with Gasteiger partial charge in [0.15, 0.2) is 27.9 Å². The van der Waals surface area contributed by atoms with Crippen molar-refractivity contribution in [2.24, 2.45) is 4.99 Å². The lowest BCUT2D eigenvalue weighted by Crippen LogP contribution is -2.23. The molecule has 1 aromatic heterocycles. The zero-order valence-electron chi connectivity index (χ0n) is 16.4. The first kappa shape index (κ1) is 21.4. The summed E-state index contributed by atoms with van der Waals surface area (Å²) < 4.78 is 44.4. The van der Waals surface area contributed by atoms with E-state index in [0.717, 1.165) is 29.5 Å². The molecular weight excluding hydrogens is 418 g/mol. The Balaban J connectivity index is 2.17. The molecule has 158 valence electrons. The summed E-state index contributed by atoms with van der Waals surface area (Å²) in [6, 6.07) is 6.12. The summed E-state index contributed by atoms with van der Waals surface area (Å²) in [7, 11) is 2.96. The zero-order valence-corrected chi connectivity index (χ0v) is 17.2. The van der Waals surface area contributed by atoms with E-state index in [0.29, 0.717) is 21.7 Å². The number of hydrogen-bond donors (Lipinski definition) is 0. The Hall–Kier alpha value is -3.27. The van der Waals surface area contributed by atoms with Gasteiger partial charge in [0.1, 0.15) is 6.54 Å². The van der Waals surface area contributed by atoms with E-state index in [-0.39, 0.29) is 23.5 Å².